The first kappa shape index (κ1) is 16.2. The maximum atomic E-state index is 12.7. The normalized spacial score (nSPS) is 13.0. The zero-order chi connectivity index (χ0) is 17.6. The molecular weight excluding hydrogens is 355 g/mol. The molecule has 0 fully saturated rings. The summed E-state index contributed by atoms with van der Waals surface area (Å²) < 4.78 is 0. The molecule has 0 atom stereocenters. The second-order valence-electron chi connectivity index (χ2n) is 6.13. The van der Waals surface area contributed by atoms with Crippen molar-refractivity contribution >= 4 is 45.8 Å². The van der Waals surface area contributed by atoms with Gasteiger partial charge in [-0.2, -0.15) is 0 Å². The molecule has 1 aliphatic carbocycles. The summed E-state index contributed by atoms with van der Waals surface area (Å²) >= 11 is 11.9. The van der Waals surface area contributed by atoms with Crippen LogP contribution in [0, 0.1) is 0 Å². The van der Waals surface area contributed by atoms with Crippen molar-refractivity contribution in [3.8, 4) is 5.75 Å². The first-order valence-electron chi connectivity index (χ1n) is 7.98. The van der Waals surface area contributed by atoms with E-state index in [1.807, 2.05) is 24.3 Å². The van der Waals surface area contributed by atoms with Crippen LogP contribution in [-0.4, -0.2) is 10.9 Å². The fourth-order valence-electron chi connectivity index (χ4n) is 3.43. The fourth-order valence-corrected chi connectivity index (χ4v) is 3.94. The van der Waals surface area contributed by atoms with Gasteiger partial charge in [-0.05, 0) is 59.0 Å². The predicted octanol–water partition coefficient (Wildman–Crippen LogP) is 5.85. The fraction of sp³-hybridized carbons (Fsp3) is 0.0952. The summed E-state index contributed by atoms with van der Waals surface area (Å²) in [7, 11) is 0. The summed E-state index contributed by atoms with van der Waals surface area (Å²) in [5.74, 6) is -0.207. The zero-order valence-corrected chi connectivity index (χ0v) is 14.7. The molecule has 1 aliphatic rings. The summed E-state index contributed by atoms with van der Waals surface area (Å²) in [4.78, 5) is 12.7. The van der Waals surface area contributed by atoms with Gasteiger partial charge in [-0.1, -0.05) is 53.5 Å². The van der Waals surface area contributed by atoms with Gasteiger partial charge in [0.15, 0.2) is 5.78 Å². The third-order valence-corrected chi connectivity index (χ3v) is 5.12. The van der Waals surface area contributed by atoms with Crippen LogP contribution in [0.1, 0.15) is 27.0 Å². The number of phenols is 1. The van der Waals surface area contributed by atoms with E-state index in [9.17, 15) is 9.90 Å². The number of rotatable bonds is 3. The lowest BCUT2D eigenvalue weighted by Gasteiger charge is -2.07. The maximum absolute atomic E-state index is 12.7. The Balaban J connectivity index is 1.75. The van der Waals surface area contributed by atoms with Crippen molar-refractivity contribution in [1.29, 1.82) is 0 Å². The van der Waals surface area contributed by atoms with Gasteiger partial charge in [-0.15, -0.1) is 0 Å². The van der Waals surface area contributed by atoms with Gasteiger partial charge in [0.1, 0.15) is 5.75 Å². The molecule has 0 radical (unpaired) electrons. The van der Waals surface area contributed by atoms with Crippen LogP contribution in [0.2, 0.25) is 10.0 Å². The quantitative estimate of drug-likeness (QED) is 0.465. The molecule has 3 aromatic rings. The molecule has 0 aliphatic heterocycles. The van der Waals surface area contributed by atoms with Crippen LogP contribution in [0.5, 0.6) is 5.75 Å². The molecule has 0 saturated heterocycles. The zero-order valence-electron chi connectivity index (χ0n) is 13.2. The number of ketones is 1. The van der Waals surface area contributed by atoms with Gasteiger partial charge in [0.2, 0.25) is 0 Å². The van der Waals surface area contributed by atoms with Crippen LogP contribution in [0.15, 0.2) is 48.5 Å². The highest BCUT2D eigenvalue weighted by atomic mass is 35.5. The summed E-state index contributed by atoms with van der Waals surface area (Å²) in [5.41, 5.74) is 3.67. The lowest BCUT2D eigenvalue weighted by Crippen LogP contribution is -1.97. The number of hydrogen-bond donors (Lipinski definition) is 1. The van der Waals surface area contributed by atoms with Crippen molar-refractivity contribution < 1.29 is 9.90 Å². The number of hydrogen-bond acceptors (Lipinski definition) is 2. The third kappa shape index (κ3) is 2.82. The largest absolute Gasteiger partial charge is 0.506 e. The summed E-state index contributed by atoms with van der Waals surface area (Å²) in [6.07, 6.45) is 5.03. The number of carbonyl (C=O) groups is 1. The van der Waals surface area contributed by atoms with Crippen molar-refractivity contribution in [1.82, 2.24) is 0 Å². The monoisotopic (exact) mass is 368 g/mol. The Bertz CT molecular complexity index is 1040. The Morgan fingerprint density at radius 1 is 1.04 bits per heavy atom. The van der Waals surface area contributed by atoms with Crippen LogP contribution < -0.4 is 0 Å². The Kier molecular flexibility index (Phi) is 4.03. The van der Waals surface area contributed by atoms with E-state index < -0.39 is 0 Å². The molecule has 0 spiro atoms. The van der Waals surface area contributed by atoms with Crippen LogP contribution in [0.25, 0.3) is 16.8 Å². The Hall–Kier alpha value is -2.29. The standard InChI is InChI=1S/C21H14Cl2O2/c22-15-10-14(21(25)18(23)11-15)7-9-19(24)16-8-6-13-5-4-12-2-1-3-17(16)20(12)13/h1-3,6-11,25H,4-5H2. The van der Waals surface area contributed by atoms with E-state index in [1.54, 1.807) is 12.1 Å². The lowest BCUT2D eigenvalue weighted by molar-refractivity contribution is 0.104. The molecule has 2 nitrogen and oxygen atoms in total. The molecule has 1 N–H and O–H groups in total. The number of aryl methyl sites for hydroxylation is 2. The maximum Gasteiger partial charge on any atom is 0.186 e. The molecule has 4 heteroatoms. The molecule has 0 unspecified atom stereocenters. The van der Waals surface area contributed by atoms with Gasteiger partial charge in [0, 0.05) is 16.1 Å². The predicted molar refractivity (Wildman–Crippen MR) is 103 cm³/mol. The van der Waals surface area contributed by atoms with Gasteiger partial charge in [-0.3, -0.25) is 4.79 Å². The minimum atomic E-state index is -0.119. The molecule has 0 saturated carbocycles. The van der Waals surface area contributed by atoms with E-state index in [4.69, 9.17) is 23.2 Å². The molecular formula is C21H14Cl2O2. The number of aromatic hydroxyl groups is 1. The van der Waals surface area contributed by atoms with Gasteiger partial charge in [-0.25, -0.2) is 0 Å². The van der Waals surface area contributed by atoms with E-state index in [2.05, 4.69) is 6.07 Å². The third-order valence-electron chi connectivity index (χ3n) is 4.61. The van der Waals surface area contributed by atoms with Gasteiger partial charge in [0.05, 0.1) is 5.02 Å². The van der Waals surface area contributed by atoms with E-state index >= 15 is 0 Å². The number of carbonyl (C=O) groups excluding carboxylic acids is 1. The number of phenolic OH excluding ortho intramolecular Hbond substituents is 1. The Morgan fingerprint density at radius 2 is 1.80 bits per heavy atom. The van der Waals surface area contributed by atoms with Crippen molar-refractivity contribution in [2.24, 2.45) is 0 Å². The van der Waals surface area contributed by atoms with Crippen LogP contribution in [0.3, 0.4) is 0 Å². The molecule has 0 bridgehead atoms. The molecule has 124 valence electrons. The van der Waals surface area contributed by atoms with Gasteiger partial charge < -0.3 is 5.11 Å². The minimum Gasteiger partial charge on any atom is -0.506 e. The minimum absolute atomic E-state index is 0.0875. The average molecular weight is 369 g/mol. The van der Waals surface area contributed by atoms with Gasteiger partial charge in [0.25, 0.3) is 0 Å². The number of halogens is 2. The first-order chi connectivity index (χ1) is 12.0. The van der Waals surface area contributed by atoms with Gasteiger partial charge >= 0.3 is 0 Å². The molecule has 0 amide bonds. The Morgan fingerprint density at radius 3 is 2.60 bits per heavy atom. The van der Waals surface area contributed by atoms with Crippen LogP contribution in [0.4, 0.5) is 0 Å². The van der Waals surface area contributed by atoms with E-state index in [1.165, 1.54) is 28.7 Å². The summed E-state index contributed by atoms with van der Waals surface area (Å²) in [6.45, 7) is 0. The van der Waals surface area contributed by atoms with Crippen molar-refractivity contribution in [3.63, 3.8) is 0 Å². The van der Waals surface area contributed by atoms with Crippen molar-refractivity contribution in [3.05, 3.63) is 80.8 Å². The summed E-state index contributed by atoms with van der Waals surface area (Å²) in [5, 5.41) is 12.8. The second-order valence-corrected chi connectivity index (χ2v) is 6.98. The van der Waals surface area contributed by atoms with E-state index in [0.717, 1.165) is 18.2 Å². The molecule has 4 rings (SSSR count). The second kappa shape index (κ2) is 6.21. The smallest absolute Gasteiger partial charge is 0.186 e. The summed E-state index contributed by atoms with van der Waals surface area (Å²) in [6, 6.07) is 13.0. The highest BCUT2D eigenvalue weighted by molar-refractivity contribution is 6.36. The topological polar surface area (TPSA) is 37.3 Å². The Labute approximate surface area is 155 Å². The average Bonchev–Trinajstić information content (AvgIpc) is 3.02. The van der Waals surface area contributed by atoms with Crippen molar-refractivity contribution in [2.45, 2.75) is 12.8 Å². The first-order valence-corrected chi connectivity index (χ1v) is 8.74. The van der Waals surface area contributed by atoms with E-state index in [0.29, 0.717) is 16.1 Å². The van der Waals surface area contributed by atoms with Crippen LogP contribution in [-0.2, 0) is 12.8 Å². The molecule has 25 heavy (non-hydrogen) atoms. The highest BCUT2D eigenvalue weighted by Crippen LogP contribution is 2.34. The number of benzene rings is 3. The number of allylic oxidation sites excluding steroid dienone is 1. The lowest BCUT2D eigenvalue weighted by atomic mass is 9.97. The molecule has 3 aromatic carbocycles. The van der Waals surface area contributed by atoms with Crippen molar-refractivity contribution in [2.75, 3.05) is 0 Å². The molecule has 0 heterocycles. The van der Waals surface area contributed by atoms with E-state index in [-0.39, 0.29) is 16.6 Å². The SMILES string of the molecule is O=C(C=Cc1cc(Cl)cc(Cl)c1O)c1ccc2c3c(cccc13)CC2. The highest BCUT2D eigenvalue weighted by Gasteiger charge is 2.17. The van der Waals surface area contributed by atoms with Crippen LogP contribution >= 0.6 is 23.2 Å². The molecule has 0 aromatic heterocycles.